The van der Waals surface area contributed by atoms with E-state index in [-0.39, 0.29) is 24.1 Å². The zero-order valence-corrected chi connectivity index (χ0v) is 47.2. The number of hydrogen-bond acceptors (Lipinski definition) is 14. The second-order valence-electron chi connectivity index (χ2n) is 21.4. The maximum absolute atomic E-state index is 12.5. The largest absolute Gasteiger partial charge is 0.497 e. The number of aliphatic hydroxyl groups excluding tert-OH is 1. The SMILES string of the molecule is CC(C)(C)OC(=O)C(C)(C)OC[C@@H]1CCC[C@H](O)C1.CCc1oc(-c2cccc(OC)c2)nc1CI.CCc1oc(-c2cccc(OC)c2)nc1CO[C@H]1CCC[C@@H](COC(C)(C)C(=O)OC(C)(C)C)C1. The van der Waals surface area contributed by atoms with E-state index in [4.69, 9.17) is 47.0 Å². The van der Waals surface area contributed by atoms with Gasteiger partial charge in [0, 0.05) is 28.4 Å². The first-order valence-electron chi connectivity index (χ1n) is 25.2. The Balaban J connectivity index is 0.000000256. The Morgan fingerprint density at radius 1 is 0.662 bits per heavy atom. The van der Waals surface area contributed by atoms with Crippen molar-refractivity contribution < 1.29 is 56.7 Å². The molecule has 4 aromatic rings. The lowest BCUT2D eigenvalue weighted by molar-refractivity contribution is -0.182. The van der Waals surface area contributed by atoms with E-state index in [2.05, 4.69) is 41.4 Å². The number of hydrogen-bond donors (Lipinski definition) is 1. The Kier molecular flexibility index (Phi) is 22.9. The summed E-state index contributed by atoms with van der Waals surface area (Å²) in [4.78, 5) is 33.7. The molecule has 0 aliphatic heterocycles. The van der Waals surface area contributed by atoms with E-state index in [1.807, 2.05) is 90.1 Å². The van der Waals surface area contributed by atoms with Crippen LogP contribution in [0.15, 0.2) is 57.4 Å². The molecule has 0 radical (unpaired) electrons. The Morgan fingerprint density at radius 2 is 1.11 bits per heavy atom. The van der Waals surface area contributed by atoms with E-state index in [1.54, 1.807) is 41.9 Å². The van der Waals surface area contributed by atoms with Gasteiger partial charge in [-0.05, 0) is 156 Å². The van der Waals surface area contributed by atoms with Gasteiger partial charge < -0.3 is 47.1 Å². The Hall–Kier alpha value is -4.03. The molecule has 6 rings (SSSR count). The molecule has 15 heteroatoms. The molecule has 0 spiro atoms. The maximum atomic E-state index is 12.5. The van der Waals surface area contributed by atoms with Gasteiger partial charge in [-0.1, -0.05) is 61.4 Å². The predicted octanol–water partition coefficient (Wildman–Crippen LogP) is 12.6. The van der Waals surface area contributed by atoms with Gasteiger partial charge >= 0.3 is 11.9 Å². The van der Waals surface area contributed by atoms with Gasteiger partial charge in [0.1, 0.15) is 39.9 Å². The first-order chi connectivity index (χ1) is 33.4. The first-order valence-corrected chi connectivity index (χ1v) is 26.8. The summed E-state index contributed by atoms with van der Waals surface area (Å²) in [5.74, 6) is 4.66. The zero-order chi connectivity index (χ0) is 52.6. The van der Waals surface area contributed by atoms with Crippen molar-refractivity contribution in [1.82, 2.24) is 9.97 Å². The van der Waals surface area contributed by atoms with Crippen molar-refractivity contribution in [1.29, 1.82) is 0 Å². The molecule has 71 heavy (non-hydrogen) atoms. The standard InChI is InChI=1S/C28H41NO6.C15H28O4.C13H14INO2/c1-8-24-23(29-25(34-24)20-12-10-13-21(16-20)31-7)18-32-22-14-9-11-19(15-22)17-33-28(5,6)26(30)35-27(2,3)4;1-14(2,3)19-13(17)15(4,5)18-10-11-7-6-8-12(16)9-11;1-3-12-11(8-14)15-13(17-12)9-5-4-6-10(7-9)16-2/h10,12-13,16,19,22H,8-9,11,14-15,17-18H2,1-7H3;11-12,16H,6-10H2,1-5H3;4-7H,3,8H2,1-2H3/t19-,22+;11-,12+;/m11./s1. The summed E-state index contributed by atoms with van der Waals surface area (Å²) < 4.78 is 52.1. The highest BCUT2D eigenvalue weighted by atomic mass is 127. The van der Waals surface area contributed by atoms with Crippen molar-refractivity contribution in [3.8, 4) is 34.4 Å². The molecule has 4 atom stereocenters. The molecular formula is C56H83IN2O12. The average molecular weight is 1100 g/mol. The third-order valence-electron chi connectivity index (χ3n) is 12.0. The van der Waals surface area contributed by atoms with Gasteiger partial charge in [-0.25, -0.2) is 19.6 Å². The lowest BCUT2D eigenvalue weighted by atomic mass is 9.87. The Labute approximate surface area is 437 Å². The first kappa shape index (κ1) is 59.5. The predicted molar refractivity (Wildman–Crippen MR) is 284 cm³/mol. The highest BCUT2D eigenvalue weighted by Crippen LogP contribution is 2.32. The van der Waals surface area contributed by atoms with Gasteiger partial charge in [-0.15, -0.1) is 0 Å². The summed E-state index contributed by atoms with van der Waals surface area (Å²) in [5, 5.41) is 9.62. The summed E-state index contributed by atoms with van der Waals surface area (Å²) in [6.45, 7) is 23.7. The van der Waals surface area contributed by atoms with Gasteiger partial charge in [-0.2, -0.15) is 0 Å². The number of rotatable bonds is 18. The molecule has 396 valence electrons. The van der Waals surface area contributed by atoms with Crippen LogP contribution in [0.1, 0.15) is 157 Å². The van der Waals surface area contributed by atoms with Crippen LogP contribution >= 0.6 is 22.6 Å². The molecule has 2 aliphatic carbocycles. The van der Waals surface area contributed by atoms with Crippen LogP contribution in [0.2, 0.25) is 0 Å². The number of methoxy groups -OCH3 is 2. The third kappa shape index (κ3) is 19.7. The molecule has 2 aliphatic rings. The number of alkyl halides is 1. The maximum Gasteiger partial charge on any atom is 0.338 e. The molecule has 0 saturated heterocycles. The van der Waals surface area contributed by atoms with Crippen LogP contribution < -0.4 is 9.47 Å². The number of benzene rings is 2. The summed E-state index contributed by atoms with van der Waals surface area (Å²) in [6.07, 6.45) is 9.30. The molecule has 0 bridgehead atoms. The molecule has 0 unspecified atom stereocenters. The third-order valence-corrected chi connectivity index (χ3v) is 12.8. The number of esters is 2. The quantitative estimate of drug-likeness (QED) is 0.0567. The number of aliphatic hydroxyl groups is 1. The normalized spacial score (nSPS) is 18.6. The van der Waals surface area contributed by atoms with E-state index in [1.165, 1.54) is 0 Å². The summed E-state index contributed by atoms with van der Waals surface area (Å²) in [6, 6.07) is 15.5. The molecule has 14 nitrogen and oxygen atoms in total. The van der Waals surface area contributed by atoms with Crippen LogP contribution in [0.25, 0.3) is 22.9 Å². The highest BCUT2D eigenvalue weighted by molar-refractivity contribution is 14.1. The minimum Gasteiger partial charge on any atom is -0.497 e. The van der Waals surface area contributed by atoms with Gasteiger partial charge in [0.05, 0.1) is 51.9 Å². The van der Waals surface area contributed by atoms with Crippen molar-refractivity contribution in [2.75, 3.05) is 27.4 Å². The summed E-state index contributed by atoms with van der Waals surface area (Å²) >= 11 is 2.30. The van der Waals surface area contributed by atoms with E-state index >= 15 is 0 Å². The molecule has 2 heterocycles. The van der Waals surface area contributed by atoms with Crippen molar-refractivity contribution in [3.05, 3.63) is 71.4 Å². The van der Waals surface area contributed by atoms with Gasteiger partial charge in [0.15, 0.2) is 11.2 Å². The van der Waals surface area contributed by atoms with Crippen molar-refractivity contribution >= 4 is 34.5 Å². The average Bonchev–Trinajstić information content (AvgIpc) is 3.96. The van der Waals surface area contributed by atoms with Crippen LogP contribution in [0.5, 0.6) is 11.5 Å². The van der Waals surface area contributed by atoms with Crippen LogP contribution in [0.3, 0.4) is 0 Å². The second-order valence-corrected chi connectivity index (χ2v) is 22.1. The van der Waals surface area contributed by atoms with Gasteiger partial charge in [0.2, 0.25) is 11.8 Å². The van der Waals surface area contributed by atoms with Crippen molar-refractivity contribution in [2.24, 2.45) is 11.8 Å². The van der Waals surface area contributed by atoms with E-state index in [9.17, 15) is 14.7 Å². The van der Waals surface area contributed by atoms with Crippen LogP contribution in [0.4, 0.5) is 0 Å². The number of carbonyl (C=O) groups is 2. The Morgan fingerprint density at radius 3 is 1.54 bits per heavy atom. The molecule has 2 aromatic heterocycles. The number of oxazole rings is 2. The van der Waals surface area contributed by atoms with Crippen molar-refractivity contribution in [2.45, 2.75) is 193 Å². The number of aromatic nitrogens is 2. The number of aryl methyl sites for hydroxylation is 2. The summed E-state index contributed by atoms with van der Waals surface area (Å²) in [5.41, 5.74) is 0.762. The summed E-state index contributed by atoms with van der Waals surface area (Å²) in [7, 11) is 3.30. The van der Waals surface area contributed by atoms with Crippen LogP contribution in [0, 0.1) is 11.8 Å². The molecular weight excluding hydrogens is 1020 g/mol. The highest BCUT2D eigenvalue weighted by Gasteiger charge is 2.36. The minimum atomic E-state index is -0.978. The fourth-order valence-electron chi connectivity index (χ4n) is 8.02. The lowest BCUT2D eigenvalue weighted by Gasteiger charge is -2.33. The molecule has 2 saturated carbocycles. The molecule has 2 aromatic carbocycles. The van der Waals surface area contributed by atoms with E-state index in [0.29, 0.717) is 43.4 Å². The van der Waals surface area contributed by atoms with Crippen LogP contribution in [-0.2, 0) is 57.1 Å². The number of halogens is 1. The minimum absolute atomic E-state index is 0.128. The number of nitrogens with zero attached hydrogens (tertiary/aromatic N) is 2. The van der Waals surface area contributed by atoms with Gasteiger partial charge in [0.25, 0.3) is 0 Å². The fourth-order valence-corrected chi connectivity index (χ4v) is 8.62. The molecule has 1 N–H and O–H groups in total. The van der Waals surface area contributed by atoms with Gasteiger partial charge in [-0.3, -0.25) is 0 Å². The lowest BCUT2D eigenvalue weighted by Crippen LogP contribution is -2.42. The van der Waals surface area contributed by atoms with E-state index in [0.717, 1.165) is 114 Å². The smallest absolute Gasteiger partial charge is 0.338 e. The number of ether oxygens (including phenoxy) is 7. The monoisotopic (exact) mass is 1100 g/mol. The molecule has 0 amide bonds. The topological polar surface area (TPSA) is 171 Å². The van der Waals surface area contributed by atoms with Crippen molar-refractivity contribution in [3.63, 3.8) is 0 Å². The zero-order valence-electron chi connectivity index (χ0n) is 45.0. The number of carbonyl (C=O) groups excluding carboxylic acids is 2. The molecule has 2 fully saturated rings. The Bertz CT molecular complexity index is 2230. The second kappa shape index (κ2) is 27.3. The fraction of sp³-hybridized carbons (Fsp3) is 0.643. The van der Waals surface area contributed by atoms with E-state index < -0.39 is 22.4 Å². The van der Waals surface area contributed by atoms with Crippen LogP contribution in [-0.4, -0.2) is 89.1 Å².